The maximum absolute atomic E-state index is 10.6. The molecule has 0 radical (unpaired) electrons. The van der Waals surface area contributed by atoms with Crippen LogP contribution in [-0.4, -0.2) is 35.2 Å². The van der Waals surface area contributed by atoms with E-state index in [9.17, 15) is 5.11 Å². The number of aliphatic hydroxyl groups is 1. The van der Waals surface area contributed by atoms with E-state index in [1.54, 1.807) is 14.2 Å². The summed E-state index contributed by atoms with van der Waals surface area (Å²) in [6.45, 7) is 5.21. The van der Waals surface area contributed by atoms with Crippen LogP contribution in [0.4, 0.5) is 5.13 Å². The minimum absolute atomic E-state index is 0.289. The number of methoxy groups -OCH3 is 2. The summed E-state index contributed by atoms with van der Waals surface area (Å²) < 4.78 is 15.3. The average molecular weight is 335 g/mol. The van der Waals surface area contributed by atoms with Crippen LogP contribution in [0, 0.1) is 0 Å². The molecule has 0 amide bonds. The van der Waals surface area contributed by atoms with E-state index < -0.39 is 6.10 Å². The van der Waals surface area contributed by atoms with Gasteiger partial charge in [0, 0.05) is 35.1 Å². The Morgan fingerprint density at radius 2 is 1.96 bits per heavy atom. The second-order valence-corrected chi connectivity index (χ2v) is 6.58. The molecule has 0 bridgehead atoms. The Hall–Kier alpha value is -1.86. The second kappa shape index (κ2) is 6.33. The summed E-state index contributed by atoms with van der Waals surface area (Å²) in [4.78, 5) is 6.63. The van der Waals surface area contributed by atoms with Gasteiger partial charge in [0.05, 0.1) is 20.8 Å². The highest BCUT2D eigenvalue weighted by molar-refractivity contribution is 7.09. The van der Waals surface area contributed by atoms with Gasteiger partial charge >= 0.3 is 0 Å². The number of benzene rings is 1. The van der Waals surface area contributed by atoms with Gasteiger partial charge in [-0.15, -0.1) is 0 Å². The molecule has 1 aromatic carbocycles. The molecule has 0 saturated carbocycles. The van der Waals surface area contributed by atoms with Gasteiger partial charge in [-0.25, -0.2) is 4.98 Å². The van der Waals surface area contributed by atoms with Crippen LogP contribution in [0.5, 0.6) is 11.5 Å². The molecule has 0 spiro atoms. The van der Waals surface area contributed by atoms with E-state index >= 15 is 0 Å². The monoisotopic (exact) mass is 335 g/mol. The Morgan fingerprint density at radius 3 is 2.57 bits per heavy atom. The van der Waals surface area contributed by atoms with Crippen LogP contribution in [0.15, 0.2) is 12.1 Å². The van der Waals surface area contributed by atoms with E-state index in [4.69, 9.17) is 9.47 Å². The Morgan fingerprint density at radius 1 is 1.26 bits per heavy atom. The molecule has 2 heterocycles. The number of hydrogen-bond acceptors (Lipinski definition) is 7. The molecule has 1 aliphatic heterocycles. The topological polar surface area (TPSA) is 67.7 Å². The fraction of sp³-hybridized carbons (Fsp3) is 0.500. The molecular formula is C16H21N3O3S. The lowest BCUT2D eigenvalue weighted by Gasteiger charge is -2.33. The van der Waals surface area contributed by atoms with Gasteiger partial charge in [-0.1, -0.05) is 13.8 Å². The zero-order valence-electron chi connectivity index (χ0n) is 13.7. The van der Waals surface area contributed by atoms with Gasteiger partial charge in [-0.2, -0.15) is 4.37 Å². The molecule has 0 fully saturated rings. The van der Waals surface area contributed by atoms with Crippen molar-refractivity contribution in [2.75, 3.05) is 25.7 Å². The summed E-state index contributed by atoms with van der Waals surface area (Å²) in [5.74, 6) is 2.56. The number of nitrogens with zero attached hydrogens (tertiary/aromatic N) is 3. The molecule has 1 N–H and O–H groups in total. The van der Waals surface area contributed by atoms with Gasteiger partial charge in [0.2, 0.25) is 5.13 Å². The second-order valence-electron chi connectivity index (χ2n) is 5.85. The molecule has 1 aromatic heterocycles. The zero-order valence-corrected chi connectivity index (χ0v) is 14.6. The molecule has 1 aliphatic rings. The van der Waals surface area contributed by atoms with Crippen molar-refractivity contribution >= 4 is 16.7 Å². The summed E-state index contributed by atoms with van der Waals surface area (Å²) in [5, 5.41) is 11.4. The van der Waals surface area contributed by atoms with Crippen molar-refractivity contribution < 1.29 is 14.6 Å². The van der Waals surface area contributed by atoms with Crippen LogP contribution < -0.4 is 14.4 Å². The molecule has 1 atom stereocenters. The Bertz CT molecular complexity index is 702. The van der Waals surface area contributed by atoms with Crippen LogP contribution in [0.1, 0.15) is 42.8 Å². The van der Waals surface area contributed by atoms with Crippen molar-refractivity contribution in [3.63, 3.8) is 0 Å². The SMILES string of the molecule is COc1ccc(OC)c2c1CN(c1nc(C(C)C)ns1)CC2O. The fourth-order valence-electron chi connectivity index (χ4n) is 2.81. The van der Waals surface area contributed by atoms with Crippen LogP contribution in [0.25, 0.3) is 0 Å². The molecule has 0 saturated heterocycles. The lowest BCUT2D eigenvalue weighted by Crippen LogP contribution is -2.34. The summed E-state index contributed by atoms with van der Waals surface area (Å²) in [6, 6.07) is 3.70. The first kappa shape index (κ1) is 16.0. The number of hydrogen-bond donors (Lipinski definition) is 1. The summed E-state index contributed by atoms with van der Waals surface area (Å²) in [6.07, 6.45) is -0.657. The smallest absolute Gasteiger partial charge is 0.205 e. The molecule has 6 nitrogen and oxygen atoms in total. The Balaban J connectivity index is 1.98. The van der Waals surface area contributed by atoms with Crippen molar-refractivity contribution in [3.8, 4) is 11.5 Å². The number of β-amino-alcohol motifs (C(OH)–C–C–N with tert-alkyl or cyclic N) is 1. The maximum atomic E-state index is 10.6. The number of ether oxygens (including phenoxy) is 2. The van der Waals surface area contributed by atoms with Crippen LogP contribution in [0.3, 0.4) is 0 Å². The third-order valence-electron chi connectivity index (χ3n) is 4.01. The molecule has 23 heavy (non-hydrogen) atoms. The van der Waals surface area contributed by atoms with Crippen molar-refractivity contribution in [1.29, 1.82) is 0 Å². The first-order valence-corrected chi connectivity index (χ1v) is 8.32. The quantitative estimate of drug-likeness (QED) is 0.927. The van der Waals surface area contributed by atoms with Crippen molar-refractivity contribution in [2.24, 2.45) is 0 Å². The highest BCUT2D eigenvalue weighted by atomic mass is 32.1. The largest absolute Gasteiger partial charge is 0.496 e. The third kappa shape index (κ3) is 2.86. The van der Waals surface area contributed by atoms with Gasteiger partial charge in [-0.05, 0) is 12.1 Å². The predicted octanol–water partition coefficient (Wildman–Crippen LogP) is 2.73. The van der Waals surface area contributed by atoms with Crippen molar-refractivity contribution in [1.82, 2.24) is 9.36 Å². The molecule has 0 aliphatic carbocycles. The summed E-state index contributed by atoms with van der Waals surface area (Å²) in [5.41, 5.74) is 1.74. The van der Waals surface area contributed by atoms with E-state index in [2.05, 4.69) is 23.2 Å². The van der Waals surface area contributed by atoms with E-state index in [0.717, 1.165) is 27.8 Å². The van der Waals surface area contributed by atoms with Gasteiger partial charge in [-0.3, -0.25) is 0 Å². The van der Waals surface area contributed by atoms with Crippen molar-refractivity contribution in [3.05, 3.63) is 29.1 Å². The van der Waals surface area contributed by atoms with E-state index in [-0.39, 0.29) is 5.92 Å². The van der Waals surface area contributed by atoms with E-state index in [1.165, 1.54) is 11.5 Å². The number of anilines is 1. The fourth-order valence-corrected chi connectivity index (χ4v) is 3.63. The van der Waals surface area contributed by atoms with Gasteiger partial charge in [0.25, 0.3) is 0 Å². The molecule has 2 aromatic rings. The molecule has 7 heteroatoms. The Kier molecular flexibility index (Phi) is 4.41. The lowest BCUT2D eigenvalue weighted by molar-refractivity contribution is 0.169. The van der Waals surface area contributed by atoms with E-state index in [0.29, 0.717) is 18.8 Å². The van der Waals surface area contributed by atoms with E-state index in [1.807, 2.05) is 17.0 Å². The highest BCUT2D eigenvalue weighted by Gasteiger charge is 2.31. The first-order chi connectivity index (χ1) is 11.0. The Labute approximate surface area is 139 Å². The zero-order chi connectivity index (χ0) is 16.6. The summed E-state index contributed by atoms with van der Waals surface area (Å²) in [7, 11) is 3.25. The van der Waals surface area contributed by atoms with Gasteiger partial charge in [0.15, 0.2) is 0 Å². The van der Waals surface area contributed by atoms with Crippen molar-refractivity contribution in [2.45, 2.75) is 32.4 Å². The maximum Gasteiger partial charge on any atom is 0.205 e. The standard InChI is InChI=1S/C16H21N3O3S/c1-9(2)15-17-16(23-18-15)19-7-10-12(21-3)5-6-13(22-4)14(10)11(20)8-19/h5-6,9,11,20H,7-8H2,1-4H3. The van der Waals surface area contributed by atoms with Crippen LogP contribution >= 0.6 is 11.5 Å². The highest BCUT2D eigenvalue weighted by Crippen LogP contribution is 2.41. The number of aromatic nitrogens is 2. The minimum Gasteiger partial charge on any atom is -0.496 e. The molecule has 3 rings (SSSR count). The number of rotatable bonds is 4. The molecular weight excluding hydrogens is 314 g/mol. The third-order valence-corrected chi connectivity index (χ3v) is 4.80. The normalized spacial score (nSPS) is 17.3. The van der Waals surface area contributed by atoms with Gasteiger partial charge in [0.1, 0.15) is 23.4 Å². The average Bonchev–Trinajstić information content (AvgIpc) is 3.04. The molecule has 1 unspecified atom stereocenters. The predicted molar refractivity (Wildman–Crippen MR) is 89.6 cm³/mol. The summed E-state index contributed by atoms with van der Waals surface area (Å²) >= 11 is 1.37. The number of fused-ring (bicyclic) bond motifs is 1. The molecule has 124 valence electrons. The van der Waals surface area contributed by atoms with Crippen LogP contribution in [-0.2, 0) is 6.54 Å². The number of aliphatic hydroxyl groups excluding tert-OH is 1. The van der Waals surface area contributed by atoms with Gasteiger partial charge < -0.3 is 19.5 Å². The van der Waals surface area contributed by atoms with Crippen LogP contribution in [0.2, 0.25) is 0 Å². The first-order valence-electron chi connectivity index (χ1n) is 7.55. The minimum atomic E-state index is -0.657. The lowest BCUT2D eigenvalue weighted by atomic mass is 9.95.